The summed E-state index contributed by atoms with van der Waals surface area (Å²) in [4.78, 5) is 23.9. The molecule has 2 aromatic rings. The molecule has 1 fully saturated rings. The first-order valence-electron chi connectivity index (χ1n) is 9.84. The maximum Gasteiger partial charge on any atom is 0.335 e. The normalized spacial score (nSPS) is 15.1. The number of carboxylic acids is 1. The standard InChI is InChI=1S/C22H24FNO5S/c1-14-10-17(15-6-5-7-16(11-15)22(26)27)12-19(21(14)23)20(25)13-24-30(28,29)18-8-3-2-4-9-18/h5-7,10-12,18,24H,2-4,8-9,13H2,1H3,(H,26,27). The lowest BCUT2D eigenvalue weighted by atomic mass is 9.96. The van der Waals surface area contributed by atoms with Crippen LogP contribution in [0.3, 0.4) is 0 Å². The molecule has 0 aromatic heterocycles. The van der Waals surface area contributed by atoms with Gasteiger partial charge >= 0.3 is 5.97 Å². The zero-order valence-electron chi connectivity index (χ0n) is 16.7. The highest BCUT2D eigenvalue weighted by Gasteiger charge is 2.28. The van der Waals surface area contributed by atoms with Crippen molar-refractivity contribution in [2.45, 2.75) is 44.3 Å². The SMILES string of the molecule is Cc1cc(-c2cccc(C(=O)O)c2)cc(C(=O)CNS(=O)(=O)C2CCCCC2)c1F. The number of ketones is 1. The van der Waals surface area contributed by atoms with E-state index in [1.807, 2.05) is 0 Å². The van der Waals surface area contributed by atoms with Crippen LogP contribution in [0.15, 0.2) is 36.4 Å². The van der Waals surface area contributed by atoms with Crippen molar-refractivity contribution in [2.75, 3.05) is 6.54 Å². The Bertz CT molecular complexity index is 1070. The molecule has 0 bridgehead atoms. The molecule has 2 aromatic carbocycles. The number of sulfonamides is 1. The first-order chi connectivity index (χ1) is 14.2. The summed E-state index contributed by atoms with van der Waals surface area (Å²) in [5, 5.41) is 8.65. The quantitative estimate of drug-likeness (QED) is 0.645. The number of Topliss-reactive ketones (excluding diaryl/α,β-unsaturated/α-hetero) is 1. The highest BCUT2D eigenvalue weighted by atomic mass is 32.2. The van der Waals surface area contributed by atoms with Gasteiger partial charge in [0.05, 0.1) is 22.9 Å². The van der Waals surface area contributed by atoms with Gasteiger partial charge in [-0.25, -0.2) is 22.3 Å². The summed E-state index contributed by atoms with van der Waals surface area (Å²) in [6, 6.07) is 8.97. The Morgan fingerprint density at radius 2 is 1.80 bits per heavy atom. The summed E-state index contributed by atoms with van der Waals surface area (Å²) in [6.07, 6.45) is 3.81. The van der Waals surface area contributed by atoms with E-state index in [0.717, 1.165) is 19.3 Å². The van der Waals surface area contributed by atoms with Crippen molar-refractivity contribution < 1.29 is 27.5 Å². The number of carboxylic acid groups (broad SMARTS) is 1. The van der Waals surface area contributed by atoms with E-state index in [4.69, 9.17) is 0 Å². The lowest BCUT2D eigenvalue weighted by Crippen LogP contribution is -2.38. The van der Waals surface area contributed by atoms with Crippen LogP contribution in [-0.2, 0) is 10.0 Å². The Labute approximate surface area is 175 Å². The molecule has 0 aliphatic heterocycles. The van der Waals surface area contributed by atoms with Gasteiger partial charge in [-0.3, -0.25) is 4.79 Å². The van der Waals surface area contributed by atoms with E-state index in [9.17, 15) is 27.5 Å². The summed E-state index contributed by atoms with van der Waals surface area (Å²) in [6.45, 7) is 0.983. The molecular weight excluding hydrogens is 409 g/mol. The first kappa shape index (κ1) is 22.1. The number of carbonyl (C=O) groups excluding carboxylic acids is 1. The van der Waals surface area contributed by atoms with E-state index >= 15 is 0 Å². The number of aryl methyl sites for hydroxylation is 1. The second-order valence-electron chi connectivity index (χ2n) is 7.59. The molecular formula is C22H24FNO5S. The minimum Gasteiger partial charge on any atom is -0.478 e. The third-order valence-electron chi connectivity index (χ3n) is 5.42. The Morgan fingerprint density at radius 1 is 1.10 bits per heavy atom. The van der Waals surface area contributed by atoms with Crippen LogP contribution in [0.4, 0.5) is 4.39 Å². The number of carbonyl (C=O) groups is 2. The lowest BCUT2D eigenvalue weighted by molar-refractivity contribution is 0.0696. The molecule has 0 amide bonds. The van der Waals surface area contributed by atoms with Crippen molar-refractivity contribution in [3.05, 3.63) is 58.9 Å². The number of halogens is 1. The van der Waals surface area contributed by atoms with Gasteiger partial charge in [0.15, 0.2) is 5.78 Å². The van der Waals surface area contributed by atoms with Crippen molar-refractivity contribution in [2.24, 2.45) is 0 Å². The topological polar surface area (TPSA) is 101 Å². The van der Waals surface area contributed by atoms with Gasteiger partial charge in [0.2, 0.25) is 10.0 Å². The molecule has 6 nitrogen and oxygen atoms in total. The summed E-state index contributed by atoms with van der Waals surface area (Å²) >= 11 is 0. The molecule has 0 heterocycles. The maximum atomic E-state index is 14.6. The van der Waals surface area contributed by atoms with Crippen LogP contribution in [0.2, 0.25) is 0 Å². The van der Waals surface area contributed by atoms with Crippen LogP contribution in [0, 0.1) is 12.7 Å². The molecule has 0 spiro atoms. The van der Waals surface area contributed by atoms with E-state index < -0.39 is 39.4 Å². The fourth-order valence-electron chi connectivity index (χ4n) is 3.73. The predicted octanol–water partition coefficient (Wildman–Crippen LogP) is 3.93. The second-order valence-corrected chi connectivity index (χ2v) is 9.64. The molecule has 0 radical (unpaired) electrons. The van der Waals surface area contributed by atoms with E-state index in [-0.39, 0.29) is 16.7 Å². The van der Waals surface area contributed by atoms with Crippen molar-refractivity contribution in [1.29, 1.82) is 0 Å². The van der Waals surface area contributed by atoms with Crippen LogP contribution >= 0.6 is 0 Å². The van der Waals surface area contributed by atoms with Gasteiger partial charge in [-0.15, -0.1) is 0 Å². The molecule has 160 valence electrons. The Kier molecular flexibility index (Phi) is 6.67. The van der Waals surface area contributed by atoms with Gasteiger partial charge < -0.3 is 5.11 Å². The highest BCUT2D eigenvalue weighted by molar-refractivity contribution is 7.90. The van der Waals surface area contributed by atoms with E-state index in [1.54, 1.807) is 12.1 Å². The van der Waals surface area contributed by atoms with Gasteiger partial charge in [0, 0.05) is 0 Å². The van der Waals surface area contributed by atoms with Crippen molar-refractivity contribution in [3.63, 3.8) is 0 Å². The largest absolute Gasteiger partial charge is 0.478 e. The minimum absolute atomic E-state index is 0.0718. The molecule has 30 heavy (non-hydrogen) atoms. The van der Waals surface area contributed by atoms with E-state index in [0.29, 0.717) is 24.0 Å². The molecule has 2 N–H and O–H groups in total. The van der Waals surface area contributed by atoms with Gasteiger partial charge in [-0.05, 0) is 60.7 Å². The molecule has 0 atom stereocenters. The Balaban J connectivity index is 1.84. The smallest absolute Gasteiger partial charge is 0.335 e. The van der Waals surface area contributed by atoms with Crippen LogP contribution in [-0.4, -0.2) is 37.1 Å². The predicted molar refractivity (Wildman–Crippen MR) is 112 cm³/mol. The van der Waals surface area contributed by atoms with E-state index in [1.165, 1.54) is 31.2 Å². The minimum atomic E-state index is -3.65. The molecule has 1 aliphatic rings. The zero-order valence-corrected chi connectivity index (χ0v) is 17.5. The number of hydrogen-bond donors (Lipinski definition) is 2. The van der Waals surface area contributed by atoms with Crippen molar-refractivity contribution in [1.82, 2.24) is 4.72 Å². The molecule has 8 heteroatoms. The molecule has 1 aliphatic carbocycles. The van der Waals surface area contributed by atoms with Crippen LogP contribution in [0.5, 0.6) is 0 Å². The Morgan fingerprint density at radius 3 is 2.47 bits per heavy atom. The zero-order chi connectivity index (χ0) is 21.9. The lowest BCUT2D eigenvalue weighted by Gasteiger charge is -2.21. The summed E-state index contributed by atoms with van der Waals surface area (Å²) < 4.78 is 41.9. The van der Waals surface area contributed by atoms with Crippen LogP contribution < -0.4 is 4.72 Å². The number of nitrogens with one attached hydrogen (secondary N) is 1. The first-order valence-corrected chi connectivity index (χ1v) is 11.4. The van der Waals surface area contributed by atoms with E-state index in [2.05, 4.69) is 4.72 Å². The third-order valence-corrected chi connectivity index (χ3v) is 7.32. The van der Waals surface area contributed by atoms with Crippen molar-refractivity contribution in [3.8, 4) is 11.1 Å². The van der Waals surface area contributed by atoms with Gasteiger partial charge in [-0.1, -0.05) is 31.4 Å². The average Bonchev–Trinajstić information content (AvgIpc) is 2.74. The molecule has 0 unspecified atom stereocenters. The van der Waals surface area contributed by atoms with Gasteiger partial charge in [-0.2, -0.15) is 0 Å². The number of benzene rings is 2. The molecule has 0 saturated heterocycles. The summed E-state index contributed by atoms with van der Waals surface area (Å²) in [5.74, 6) is -2.48. The maximum absolute atomic E-state index is 14.6. The summed E-state index contributed by atoms with van der Waals surface area (Å²) in [7, 11) is -3.65. The number of aromatic carboxylic acids is 1. The fraction of sp³-hybridized carbons (Fsp3) is 0.364. The van der Waals surface area contributed by atoms with Gasteiger partial charge in [0.1, 0.15) is 5.82 Å². The number of hydrogen-bond acceptors (Lipinski definition) is 4. The summed E-state index contributed by atoms with van der Waals surface area (Å²) in [5.41, 5.74) is 1.07. The Hall–Kier alpha value is -2.58. The fourth-order valence-corrected chi connectivity index (χ4v) is 5.25. The average molecular weight is 434 g/mol. The molecule has 3 rings (SSSR count). The molecule has 1 saturated carbocycles. The monoisotopic (exact) mass is 433 g/mol. The third kappa shape index (κ3) is 4.94. The number of rotatable bonds is 7. The highest BCUT2D eigenvalue weighted by Crippen LogP contribution is 2.27. The van der Waals surface area contributed by atoms with Crippen LogP contribution in [0.25, 0.3) is 11.1 Å². The van der Waals surface area contributed by atoms with Crippen molar-refractivity contribution >= 4 is 21.8 Å². The van der Waals surface area contributed by atoms with Gasteiger partial charge in [0.25, 0.3) is 0 Å². The van der Waals surface area contributed by atoms with Crippen LogP contribution in [0.1, 0.15) is 58.4 Å². The second kappa shape index (κ2) is 9.06.